The second kappa shape index (κ2) is 7.58. The zero-order chi connectivity index (χ0) is 16.9. The van der Waals surface area contributed by atoms with Gasteiger partial charge in [0.2, 0.25) is 0 Å². The van der Waals surface area contributed by atoms with Crippen LogP contribution in [0.15, 0.2) is 77.4 Å². The first-order chi connectivity index (χ1) is 12.4. The number of hydrogen-bond acceptors (Lipinski definition) is 3. The minimum Gasteiger partial charge on any atom is -0.492 e. The predicted octanol–water partition coefficient (Wildman–Crippen LogP) is 4.59. The molecule has 0 amide bonds. The van der Waals surface area contributed by atoms with Crippen molar-refractivity contribution in [3.63, 3.8) is 0 Å². The van der Waals surface area contributed by atoms with E-state index in [1.165, 1.54) is 24.0 Å². The first kappa shape index (κ1) is 16.0. The Morgan fingerprint density at radius 3 is 2.44 bits per heavy atom. The molecule has 3 aromatic rings. The van der Waals surface area contributed by atoms with Gasteiger partial charge in [-0.05, 0) is 54.8 Å². The summed E-state index contributed by atoms with van der Waals surface area (Å²) in [7, 11) is 0. The monoisotopic (exact) mass is 333 g/mol. The molecule has 3 heteroatoms. The lowest BCUT2D eigenvalue weighted by Gasteiger charge is -2.17. The Kier molecular flexibility index (Phi) is 4.84. The SMILES string of the molecule is c1ccc(C(c2ccc(OCC3CCCN3)cc2)c2ccco2)cc1. The van der Waals surface area contributed by atoms with E-state index < -0.39 is 0 Å². The largest absolute Gasteiger partial charge is 0.492 e. The average Bonchev–Trinajstić information content (AvgIpc) is 3.36. The average molecular weight is 333 g/mol. The summed E-state index contributed by atoms with van der Waals surface area (Å²) in [4.78, 5) is 0. The molecule has 1 saturated heterocycles. The lowest BCUT2D eigenvalue weighted by Crippen LogP contribution is -2.28. The lowest BCUT2D eigenvalue weighted by atomic mass is 9.89. The highest BCUT2D eigenvalue weighted by atomic mass is 16.5. The normalized spacial score (nSPS) is 18.2. The van der Waals surface area contributed by atoms with Crippen molar-refractivity contribution < 1.29 is 9.15 Å². The summed E-state index contributed by atoms with van der Waals surface area (Å²) in [6.07, 6.45) is 4.18. The molecule has 0 radical (unpaired) electrons. The third-order valence-electron chi connectivity index (χ3n) is 4.79. The number of nitrogens with one attached hydrogen (secondary N) is 1. The van der Waals surface area contributed by atoms with Gasteiger partial charge in [-0.3, -0.25) is 0 Å². The van der Waals surface area contributed by atoms with Crippen molar-refractivity contribution in [1.29, 1.82) is 0 Å². The number of furan rings is 1. The second-order valence-electron chi connectivity index (χ2n) is 6.53. The summed E-state index contributed by atoms with van der Waals surface area (Å²) in [6.45, 7) is 1.84. The fourth-order valence-corrected chi connectivity index (χ4v) is 3.47. The minimum absolute atomic E-state index is 0.0988. The third kappa shape index (κ3) is 3.77. The van der Waals surface area contributed by atoms with Crippen molar-refractivity contribution >= 4 is 0 Å². The fourth-order valence-electron chi connectivity index (χ4n) is 3.47. The second-order valence-corrected chi connectivity index (χ2v) is 6.53. The van der Waals surface area contributed by atoms with Gasteiger partial charge in [0.05, 0.1) is 12.2 Å². The smallest absolute Gasteiger partial charge is 0.119 e. The Bertz CT molecular complexity index is 760. The molecule has 0 bridgehead atoms. The van der Waals surface area contributed by atoms with Crippen LogP contribution in [0.5, 0.6) is 5.75 Å². The Labute approximate surface area is 148 Å². The van der Waals surface area contributed by atoms with E-state index in [-0.39, 0.29) is 5.92 Å². The van der Waals surface area contributed by atoms with Crippen molar-refractivity contribution in [3.8, 4) is 5.75 Å². The Hall–Kier alpha value is -2.52. The zero-order valence-corrected chi connectivity index (χ0v) is 14.2. The Balaban J connectivity index is 1.53. The molecule has 2 heterocycles. The molecule has 1 aliphatic heterocycles. The van der Waals surface area contributed by atoms with Gasteiger partial charge in [-0.1, -0.05) is 42.5 Å². The quantitative estimate of drug-likeness (QED) is 0.716. The maximum Gasteiger partial charge on any atom is 0.119 e. The van der Waals surface area contributed by atoms with Crippen LogP contribution in [0.2, 0.25) is 0 Å². The molecule has 1 aromatic heterocycles. The molecule has 1 fully saturated rings. The van der Waals surface area contributed by atoms with Gasteiger partial charge in [-0.2, -0.15) is 0 Å². The van der Waals surface area contributed by atoms with Crippen LogP contribution in [0, 0.1) is 0 Å². The van der Waals surface area contributed by atoms with E-state index in [9.17, 15) is 0 Å². The highest BCUT2D eigenvalue weighted by molar-refractivity contribution is 5.41. The van der Waals surface area contributed by atoms with Crippen LogP contribution >= 0.6 is 0 Å². The van der Waals surface area contributed by atoms with E-state index in [1.807, 2.05) is 18.2 Å². The molecule has 0 aliphatic carbocycles. The van der Waals surface area contributed by atoms with E-state index in [1.54, 1.807) is 6.26 Å². The molecule has 2 aromatic carbocycles. The van der Waals surface area contributed by atoms with Crippen LogP contribution in [-0.2, 0) is 0 Å². The molecule has 0 spiro atoms. The van der Waals surface area contributed by atoms with Crippen LogP contribution in [0.1, 0.15) is 35.6 Å². The molecule has 3 nitrogen and oxygen atoms in total. The van der Waals surface area contributed by atoms with Gasteiger partial charge in [0.1, 0.15) is 18.1 Å². The van der Waals surface area contributed by atoms with Crippen LogP contribution in [-0.4, -0.2) is 19.2 Å². The lowest BCUT2D eigenvalue weighted by molar-refractivity contribution is 0.277. The van der Waals surface area contributed by atoms with E-state index >= 15 is 0 Å². The number of hydrogen-bond donors (Lipinski definition) is 1. The van der Waals surface area contributed by atoms with E-state index in [0.29, 0.717) is 6.04 Å². The molecule has 1 N–H and O–H groups in total. The van der Waals surface area contributed by atoms with Gasteiger partial charge >= 0.3 is 0 Å². The zero-order valence-electron chi connectivity index (χ0n) is 14.2. The summed E-state index contributed by atoms with van der Waals surface area (Å²) in [5.74, 6) is 1.97. The minimum atomic E-state index is 0.0988. The molecular formula is C22H23NO2. The van der Waals surface area contributed by atoms with Gasteiger partial charge in [-0.25, -0.2) is 0 Å². The molecule has 1 aliphatic rings. The summed E-state index contributed by atoms with van der Waals surface area (Å²) in [5.41, 5.74) is 2.42. The van der Waals surface area contributed by atoms with E-state index in [2.05, 4.69) is 53.8 Å². The van der Waals surface area contributed by atoms with Gasteiger partial charge in [-0.15, -0.1) is 0 Å². The molecular weight excluding hydrogens is 310 g/mol. The van der Waals surface area contributed by atoms with Crippen molar-refractivity contribution in [2.45, 2.75) is 24.8 Å². The molecule has 128 valence electrons. The topological polar surface area (TPSA) is 34.4 Å². The first-order valence-electron chi connectivity index (χ1n) is 8.94. The van der Waals surface area contributed by atoms with Crippen molar-refractivity contribution in [3.05, 3.63) is 89.9 Å². The molecule has 4 rings (SSSR count). The van der Waals surface area contributed by atoms with Crippen LogP contribution < -0.4 is 10.1 Å². The molecule has 2 unspecified atom stereocenters. The van der Waals surface area contributed by atoms with Crippen molar-refractivity contribution in [1.82, 2.24) is 5.32 Å². The maximum absolute atomic E-state index is 5.94. The third-order valence-corrected chi connectivity index (χ3v) is 4.79. The summed E-state index contributed by atoms with van der Waals surface area (Å²) in [5, 5.41) is 3.46. The van der Waals surface area contributed by atoms with Crippen molar-refractivity contribution in [2.24, 2.45) is 0 Å². The summed E-state index contributed by atoms with van der Waals surface area (Å²) < 4.78 is 11.6. The molecule has 25 heavy (non-hydrogen) atoms. The van der Waals surface area contributed by atoms with Gasteiger partial charge < -0.3 is 14.5 Å². The number of ether oxygens (including phenoxy) is 1. The molecule has 0 saturated carbocycles. The van der Waals surface area contributed by atoms with Crippen LogP contribution in [0.3, 0.4) is 0 Å². The summed E-state index contributed by atoms with van der Waals surface area (Å²) in [6, 6.07) is 23.3. The standard InChI is InChI=1S/C22H23NO2/c1-2-6-17(7-3-1)22(21-9-5-15-24-21)18-10-12-20(13-11-18)25-16-19-8-4-14-23-19/h1-3,5-7,9-13,15,19,22-23H,4,8,14,16H2. The van der Waals surface area contributed by atoms with Gasteiger partial charge in [0.25, 0.3) is 0 Å². The van der Waals surface area contributed by atoms with Gasteiger partial charge in [0.15, 0.2) is 0 Å². The number of benzene rings is 2. The predicted molar refractivity (Wildman–Crippen MR) is 99.1 cm³/mol. The number of rotatable bonds is 6. The Morgan fingerprint density at radius 2 is 1.76 bits per heavy atom. The van der Waals surface area contributed by atoms with E-state index in [4.69, 9.17) is 9.15 Å². The Morgan fingerprint density at radius 1 is 0.960 bits per heavy atom. The van der Waals surface area contributed by atoms with Crippen molar-refractivity contribution in [2.75, 3.05) is 13.2 Å². The molecule has 2 atom stereocenters. The fraction of sp³-hybridized carbons (Fsp3) is 0.273. The maximum atomic E-state index is 5.94. The van der Waals surface area contributed by atoms with Crippen LogP contribution in [0.4, 0.5) is 0 Å². The summed E-state index contributed by atoms with van der Waals surface area (Å²) >= 11 is 0. The van der Waals surface area contributed by atoms with Gasteiger partial charge in [0, 0.05) is 6.04 Å². The van der Waals surface area contributed by atoms with Crippen LogP contribution in [0.25, 0.3) is 0 Å². The van der Waals surface area contributed by atoms with E-state index in [0.717, 1.165) is 24.7 Å². The first-order valence-corrected chi connectivity index (χ1v) is 8.94. The highest BCUT2D eigenvalue weighted by Gasteiger charge is 2.19. The highest BCUT2D eigenvalue weighted by Crippen LogP contribution is 2.33.